The second-order valence-corrected chi connectivity index (χ2v) is 7.81. The van der Waals surface area contributed by atoms with E-state index in [4.69, 9.17) is 9.47 Å². The molecule has 2 aromatic heterocycles. The number of hydrogen-bond donors (Lipinski definition) is 3. The van der Waals surface area contributed by atoms with E-state index in [1.165, 1.54) is 25.6 Å². The zero-order valence-electron chi connectivity index (χ0n) is 19.4. The summed E-state index contributed by atoms with van der Waals surface area (Å²) in [5.74, 6) is 0.265. The summed E-state index contributed by atoms with van der Waals surface area (Å²) in [6, 6.07) is 17.4. The maximum atomic E-state index is 13.1. The van der Waals surface area contributed by atoms with Crippen LogP contribution in [0.1, 0.15) is 5.69 Å². The average Bonchev–Trinajstić information content (AvgIpc) is 3.39. The van der Waals surface area contributed by atoms with Crippen molar-refractivity contribution in [3.05, 3.63) is 90.8 Å². The molecule has 1 atom stereocenters. The lowest BCUT2D eigenvalue weighted by molar-refractivity contribution is -0.129. The van der Waals surface area contributed by atoms with Crippen LogP contribution in [0.3, 0.4) is 0 Å². The Labute approximate surface area is 206 Å². The van der Waals surface area contributed by atoms with Gasteiger partial charge in [-0.1, -0.05) is 6.07 Å². The molecule has 184 valence electrons. The highest BCUT2D eigenvalue weighted by Crippen LogP contribution is 2.26. The van der Waals surface area contributed by atoms with Crippen LogP contribution < -0.4 is 15.4 Å². The number of nitrogens with zero attached hydrogens (tertiary/aromatic N) is 2. The first-order valence-corrected chi connectivity index (χ1v) is 11.1. The summed E-state index contributed by atoms with van der Waals surface area (Å²) in [5.41, 5.74) is 2.13. The number of anilines is 1. The predicted octanol–water partition coefficient (Wildman–Crippen LogP) is 3.72. The number of pyridine rings is 1. The van der Waals surface area contributed by atoms with Crippen LogP contribution in [0, 0.1) is 5.82 Å². The SMILES string of the molecule is COCC(=O)NC(Cc1cnc[nH]1)C(=O)Nc1cccc(-c2ccc(Oc3ccc(F)cc3)cc2)n1. The van der Waals surface area contributed by atoms with Crippen LogP contribution >= 0.6 is 0 Å². The van der Waals surface area contributed by atoms with Gasteiger partial charge in [0.15, 0.2) is 0 Å². The van der Waals surface area contributed by atoms with Crippen molar-refractivity contribution in [3.8, 4) is 22.8 Å². The third kappa shape index (κ3) is 6.73. The monoisotopic (exact) mass is 489 g/mol. The molecule has 10 heteroatoms. The Bertz CT molecular complexity index is 1290. The Balaban J connectivity index is 1.44. The number of rotatable bonds is 10. The summed E-state index contributed by atoms with van der Waals surface area (Å²) in [6.07, 6.45) is 3.31. The summed E-state index contributed by atoms with van der Waals surface area (Å²) in [6.45, 7) is -0.165. The molecule has 0 fully saturated rings. The van der Waals surface area contributed by atoms with E-state index in [-0.39, 0.29) is 18.8 Å². The van der Waals surface area contributed by atoms with Gasteiger partial charge in [0, 0.05) is 31.0 Å². The van der Waals surface area contributed by atoms with Gasteiger partial charge < -0.3 is 25.1 Å². The van der Waals surface area contributed by atoms with Crippen molar-refractivity contribution in [1.82, 2.24) is 20.3 Å². The number of amides is 2. The minimum atomic E-state index is -0.860. The number of carbonyl (C=O) groups is 2. The zero-order valence-corrected chi connectivity index (χ0v) is 19.4. The third-order valence-electron chi connectivity index (χ3n) is 5.11. The number of nitrogens with one attached hydrogen (secondary N) is 3. The highest BCUT2D eigenvalue weighted by molar-refractivity contribution is 5.97. The van der Waals surface area contributed by atoms with Crippen LogP contribution in [-0.2, 0) is 20.7 Å². The average molecular weight is 490 g/mol. The first-order valence-electron chi connectivity index (χ1n) is 11.1. The standard InChI is InChI=1S/C26H24FN5O4/c1-35-15-25(33)31-23(13-19-14-28-16-29-19)26(34)32-24-4-2-3-22(30-24)17-5-9-20(10-6-17)36-21-11-7-18(27)8-12-21/h2-12,14,16,23H,13,15H2,1H3,(H,28,29)(H,31,33)(H,30,32,34). The molecule has 0 saturated carbocycles. The third-order valence-corrected chi connectivity index (χ3v) is 5.11. The lowest BCUT2D eigenvalue weighted by Gasteiger charge is -2.17. The van der Waals surface area contributed by atoms with Gasteiger partial charge in [-0.3, -0.25) is 9.59 Å². The number of aromatic amines is 1. The lowest BCUT2D eigenvalue weighted by Crippen LogP contribution is -2.46. The fraction of sp³-hybridized carbons (Fsp3) is 0.154. The number of halogens is 1. The molecular weight excluding hydrogens is 465 g/mol. The maximum absolute atomic E-state index is 13.1. The van der Waals surface area contributed by atoms with E-state index in [0.29, 0.717) is 28.7 Å². The highest BCUT2D eigenvalue weighted by Gasteiger charge is 2.22. The maximum Gasteiger partial charge on any atom is 0.248 e. The molecule has 0 aliphatic rings. The second kappa shape index (κ2) is 11.7. The number of H-pyrrole nitrogens is 1. The van der Waals surface area contributed by atoms with Crippen LogP contribution in [0.2, 0.25) is 0 Å². The second-order valence-electron chi connectivity index (χ2n) is 7.81. The van der Waals surface area contributed by atoms with Gasteiger partial charge in [-0.05, 0) is 60.7 Å². The number of hydrogen-bond acceptors (Lipinski definition) is 6. The van der Waals surface area contributed by atoms with Crippen LogP contribution in [0.25, 0.3) is 11.3 Å². The molecule has 0 radical (unpaired) electrons. The minimum absolute atomic E-state index is 0.165. The van der Waals surface area contributed by atoms with Crippen molar-refractivity contribution in [2.75, 3.05) is 19.0 Å². The summed E-state index contributed by atoms with van der Waals surface area (Å²) in [5, 5.41) is 5.43. The molecule has 0 aliphatic carbocycles. The Hall–Kier alpha value is -4.57. The van der Waals surface area contributed by atoms with Crippen molar-refractivity contribution in [1.29, 1.82) is 0 Å². The molecule has 2 amide bonds. The molecule has 0 saturated heterocycles. The molecule has 9 nitrogen and oxygen atoms in total. The Kier molecular flexibility index (Phi) is 7.99. The Morgan fingerprint density at radius 3 is 2.42 bits per heavy atom. The van der Waals surface area contributed by atoms with Crippen molar-refractivity contribution in [2.24, 2.45) is 0 Å². The zero-order chi connectivity index (χ0) is 25.3. The molecule has 2 heterocycles. The van der Waals surface area contributed by atoms with Crippen molar-refractivity contribution >= 4 is 17.6 Å². The molecular formula is C26H24FN5O4. The fourth-order valence-electron chi connectivity index (χ4n) is 3.40. The summed E-state index contributed by atoms with van der Waals surface area (Å²) in [4.78, 5) is 36.4. The van der Waals surface area contributed by atoms with Crippen LogP contribution in [0.4, 0.5) is 10.2 Å². The van der Waals surface area contributed by atoms with Crippen LogP contribution in [0.15, 0.2) is 79.3 Å². The largest absolute Gasteiger partial charge is 0.457 e. The van der Waals surface area contributed by atoms with Gasteiger partial charge in [-0.15, -0.1) is 0 Å². The van der Waals surface area contributed by atoms with Crippen LogP contribution in [-0.4, -0.2) is 46.5 Å². The summed E-state index contributed by atoms with van der Waals surface area (Å²) >= 11 is 0. The van der Waals surface area contributed by atoms with Crippen molar-refractivity contribution < 1.29 is 23.5 Å². The number of carbonyl (C=O) groups excluding carboxylic acids is 2. The van der Waals surface area contributed by atoms with Gasteiger partial charge in [0.2, 0.25) is 11.8 Å². The van der Waals surface area contributed by atoms with E-state index in [1.807, 2.05) is 18.2 Å². The number of methoxy groups -OCH3 is 1. The molecule has 36 heavy (non-hydrogen) atoms. The van der Waals surface area contributed by atoms with Gasteiger partial charge >= 0.3 is 0 Å². The van der Waals surface area contributed by atoms with Gasteiger partial charge in [0.05, 0.1) is 12.0 Å². The van der Waals surface area contributed by atoms with E-state index < -0.39 is 17.9 Å². The normalized spacial score (nSPS) is 11.5. The molecule has 1 unspecified atom stereocenters. The Morgan fingerprint density at radius 2 is 1.75 bits per heavy atom. The van der Waals surface area contributed by atoms with Gasteiger partial charge in [0.1, 0.15) is 35.8 Å². The van der Waals surface area contributed by atoms with E-state index in [1.54, 1.807) is 42.6 Å². The van der Waals surface area contributed by atoms with E-state index >= 15 is 0 Å². The summed E-state index contributed by atoms with van der Waals surface area (Å²) < 4.78 is 23.7. The van der Waals surface area contributed by atoms with Gasteiger partial charge in [0.25, 0.3) is 0 Å². The molecule has 4 rings (SSSR count). The number of aromatic nitrogens is 3. The fourth-order valence-corrected chi connectivity index (χ4v) is 3.40. The van der Waals surface area contributed by atoms with Crippen molar-refractivity contribution in [3.63, 3.8) is 0 Å². The Morgan fingerprint density at radius 1 is 1.03 bits per heavy atom. The van der Waals surface area contributed by atoms with Crippen LogP contribution in [0.5, 0.6) is 11.5 Å². The van der Waals surface area contributed by atoms with Gasteiger partial charge in [-0.2, -0.15) is 0 Å². The van der Waals surface area contributed by atoms with E-state index in [9.17, 15) is 14.0 Å². The summed E-state index contributed by atoms with van der Waals surface area (Å²) in [7, 11) is 1.40. The number of imidazole rings is 1. The highest BCUT2D eigenvalue weighted by atomic mass is 19.1. The molecule has 0 spiro atoms. The molecule has 3 N–H and O–H groups in total. The first-order chi connectivity index (χ1) is 17.5. The van der Waals surface area contributed by atoms with E-state index in [0.717, 1.165) is 5.56 Å². The molecule has 4 aromatic rings. The molecule has 0 aliphatic heterocycles. The number of benzene rings is 2. The lowest BCUT2D eigenvalue weighted by atomic mass is 10.1. The molecule has 2 aromatic carbocycles. The van der Waals surface area contributed by atoms with E-state index in [2.05, 4.69) is 25.6 Å². The quantitative estimate of drug-likeness (QED) is 0.313. The minimum Gasteiger partial charge on any atom is -0.457 e. The topological polar surface area (TPSA) is 118 Å². The smallest absolute Gasteiger partial charge is 0.248 e. The van der Waals surface area contributed by atoms with Crippen molar-refractivity contribution in [2.45, 2.75) is 12.5 Å². The van der Waals surface area contributed by atoms with Gasteiger partial charge in [-0.25, -0.2) is 14.4 Å². The predicted molar refractivity (Wildman–Crippen MR) is 131 cm³/mol. The number of ether oxygens (including phenoxy) is 2. The first kappa shape index (κ1) is 24.6. The molecule has 0 bridgehead atoms.